The molecule has 1 aliphatic heterocycles. The van der Waals surface area contributed by atoms with Gasteiger partial charge >= 0.3 is 6.03 Å². The highest BCUT2D eigenvalue weighted by Gasteiger charge is 2.45. The van der Waals surface area contributed by atoms with Gasteiger partial charge in [0, 0.05) is 29.4 Å². The largest absolute Gasteiger partial charge is 0.381 e. The lowest BCUT2D eigenvalue weighted by atomic mass is 9.69. The van der Waals surface area contributed by atoms with E-state index in [4.69, 9.17) is 23.2 Å². The summed E-state index contributed by atoms with van der Waals surface area (Å²) in [5, 5.41) is 19.7. The van der Waals surface area contributed by atoms with Crippen LogP contribution in [0.25, 0.3) is 0 Å². The van der Waals surface area contributed by atoms with Crippen molar-refractivity contribution in [1.82, 2.24) is 5.32 Å². The number of anilines is 2. The third-order valence-corrected chi connectivity index (χ3v) is 7.35. The number of urea groups is 1. The van der Waals surface area contributed by atoms with Gasteiger partial charge in [0.1, 0.15) is 0 Å². The molecular weight excluding hydrogens is 431 g/mol. The van der Waals surface area contributed by atoms with Gasteiger partial charge in [-0.1, -0.05) is 43.5 Å². The molecule has 1 saturated carbocycles. The average Bonchev–Trinajstić information content (AvgIpc) is 3.24. The maximum atomic E-state index is 12.5. The van der Waals surface area contributed by atoms with E-state index in [0.717, 1.165) is 18.5 Å². The predicted molar refractivity (Wildman–Crippen MR) is 126 cm³/mol. The Kier molecular flexibility index (Phi) is 6.05. The molecule has 2 aromatic carbocycles. The maximum absolute atomic E-state index is 12.5. The molecule has 0 saturated heterocycles. The second kappa shape index (κ2) is 8.61. The van der Waals surface area contributed by atoms with Crippen LogP contribution in [0.5, 0.6) is 0 Å². The second-order valence-corrected chi connectivity index (χ2v) is 9.98. The van der Waals surface area contributed by atoms with E-state index in [-0.39, 0.29) is 17.5 Å². The highest BCUT2D eigenvalue weighted by molar-refractivity contribution is 6.42. The summed E-state index contributed by atoms with van der Waals surface area (Å²) < 4.78 is 0. The van der Waals surface area contributed by atoms with Crippen molar-refractivity contribution in [3.05, 3.63) is 57.6 Å². The molecule has 0 spiro atoms. The molecule has 2 amide bonds. The molecule has 162 valence electrons. The first-order valence-electron chi connectivity index (χ1n) is 10.6. The zero-order chi connectivity index (χ0) is 22.2. The van der Waals surface area contributed by atoms with Gasteiger partial charge in [-0.3, -0.25) is 0 Å². The monoisotopic (exact) mass is 456 g/mol. The summed E-state index contributed by atoms with van der Waals surface area (Å²) in [6.07, 6.45) is 3.48. The molecule has 1 fully saturated rings. The normalized spacial score (nSPS) is 22.0. The Bertz CT molecular complexity index is 1050. The molecule has 3 N–H and O–H groups in total. The minimum atomic E-state index is -0.274. The van der Waals surface area contributed by atoms with Crippen molar-refractivity contribution < 1.29 is 4.79 Å². The predicted octanol–water partition coefficient (Wildman–Crippen LogP) is 6.39. The van der Waals surface area contributed by atoms with E-state index in [1.165, 1.54) is 12.0 Å². The zero-order valence-corrected chi connectivity index (χ0v) is 19.1. The lowest BCUT2D eigenvalue weighted by molar-refractivity contribution is 0.203. The third-order valence-electron chi connectivity index (χ3n) is 6.61. The molecule has 5 nitrogen and oxygen atoms in total. The van der Waals surface area contributed by atoms with Gasteiger partial charge in [-0.25, -0.2) is 4.79 Å². The summed E-state index contributed by atoms with van der Waals surface area (Å²) in [4.78, 5) is 12.5. The number of nitriles is 1. The van der Waals surface area contributed by atoms with Gasteiger partial charge in [0.2, 0.25) is 0 Å². The number of carbonyl (C=O) groups is 1. The molecule has 0 aromatic heterocycles. The van der Waals surface area contributed by atoms with E-state index in [2.05, 4.69) is 35.9 Å². The molecule has 2 aliphatic rings. The fraction of sp³-hybridized carbons (Fsp3) is 0.417. The van der Waals surface area contributed by atoms with Crippen LogP contribution < -0.4 is 16.0 Å². The molecule has 4 rings (SSSR count). The maximum Gasteiger partial charge on any atom is 0.319 e. The molecule has 1 heterocycles. The summed E-state index contributed by atoms with van der Waals surface area (Å²) in [5.41, 5.74) is 3.51. The minimum Gasteiger partial charge on any atom is -0.381 e. The number of fused-ring (bicyclic) bond motifs is 3. The van der Waals surface area contributed by atoms with Crippen LogP contribution in [0.15, 0.2) is 36.4 Å². The van der Waals surface area contributed by atoms with Gasteiger partial charge in [-0.15, -0.1) is 0 Å². The molecule has 7 heteroatoms. The second-order valence-electron chi connectivity index (χ2n) is 9.16. The summed E-state index contributed by atoms with van der Waals surface area (Å²) in [7, 11) is 0. The van der Waals surface area contributed by atoms with Gasteiger partial charge < -0.3 is 16.0 Å². The Labute approximate surface area is 193 Å². The van der Waals surface area contributed by atoms with Gasteiger partial charge in [0.15, 0.2) is 0 Å². The van der Waals surface area contributed by atoms with Gasteiger partial charge in [0.05, 0.1) is 21.7 Å². The fourth-order valence-electron chi connectivity index (χ4n) is 5.06. The van der Waals surface area contributed by atoms with Crippen LogP contribution in [0, 0.1) is 22.7 Å². The highest BCUT2D eigenvalue weighted by Crippen LogP contribution is 2.51. The number of nitrogens with zero attached hydrogens (tertiary/aromatic N) is 1. The molecule has 0 bridgehead atoms. The Morgan fingerprint density at radius 3 is 2.74 bits per heavy atom. The first-order valence-corrected chi connectivity index (χ1v) is 11.3. The molecule has 31 heavy (non-hydrogen) atoms. The van der Waals surface area contributed by atoms with E-state index in [1.54, 1.807) is 18.2 Å². The van der Waals surface area contributed by atoms with Crippen LogP contribution in [0.4, 0.5) is 16.2 Å². The number of hydrogen-bond donors (Lipinski definition) is 3. The summed E-state index contributed by atoms with van der Waals surface area (Å²) in [6, 6.07) is 13.2. The lowest BCUT2D eigenvalue weighted by Gasteiger charge is -2.45. The van der Waals surface area contributed by atoms with Crippen LogP contribution in [0.3, 0.4) is 0 Å². The number of hydrogen-bond acceptors (Lipinski definition) is 3. The van der Waals surface area contributed by atoms with Crippen molar-refractivity contribution in [2.45, 2.75) is 45.1 Å². The number of halogens is 2. The quantitative estimate of drug-likeness (QED) is 0.498. The lowest BCUT2D eigenvalue weighted by Crippen LogP contribution is -2.51. The van der Waals surface area contributed by atoms with Crippen molar-refractivity contribution in [3.63, 3.8) is 0 Å². The van der Waals surface area contributed by atoms with Crippen LogP contribution in [-0.4, -0.2) is 18.6 Å². The van der Waals surface area contributed by atoms with E-state index < -0.39 is 0 Å². The van der Waals surface area contributed by atoms with Gasteiger partial charge in [-0.2, -0.15) is 5.26 Å². The number of carbonyl (C=O) groups excluding carboxylic acids is 1. The van der Waals surface area contributed by atoms with Crippen molar-refractivity contribution in [1.29, 1.82) is 5.26 Å². The third kappa shape index (κ3) is 4.46. The summed E-state index contributed by atoms with van der Waals surface area (Å²) in [6.45, 7) is 4.90. The van der Waals surface area contributed by atoms with Gasteiger partial charge in [0.25, 0.3) is 0 Å². The Morgan fingerprint density at radius 2 is 2.00 bits per heavy atom. The van der Waals surface area contributed by atoms with Crippen LogP contribution in [0.1, 0.15) is 50.2 Å². The molecule has 1 aliphatic carbocycles. The van der Waals surface area contributed by atoms with Crippen LogP contribution in [-0.2, 0) is 0 Å². The Hall–Kier alpha value is -2.42. The molecular formula is C24H26Cl2N4O. The minimum absolute atomic E-state index is 0.173. The van der Waals surface area contributed by atoms with Crippen molar-refractivity contribution in [2.24, 2.45) is 11.3 Å². The van der Waals surface area contributed by atoms with E-state index >= 15 is 0 Å². The summed E-state index contributed by atoms with van der Waals surface area (Å²) >= 11 is 12.0. The highest BCUT2D eigenvalue weighted by atomic mass is 35.5. The van der Waals surface area contributed by atoms with Crippen molar-refractivity contribution in [2.75, 3.05) is 17.2 Å². The topological polar surface area (TPSA) is 77.0 Å². The molecule has 3 atom stereocenters. The van der Waals surface area contributed by atoms with E-state index in [1.807, 2.05) is 18.2 Å². The zero-order valence-electron chi connectivity index (χ0n) is 17.6. The number of rotatable bonds is 4. The average molecular weight is 457 g/mol. The van der Waals surface area contributed by atoms with Crippen LogP contribution >= 0.6 is 23.2 Å². The van der Waals surface area contributed by atoms with E-state index in [0.29, 0.717) is 39.7 Å². The first kappa shape index (κ1) is 21.8. The number of amides is 2. The Balaban J connectivity index is 1.46. The number of benzene rings is 2. The van der Waals surface area contributed by atoms with Gasteiger partial charge in [-0.05, 0) is 66.6 Å². The molecule has 0 radical (unpaired) electrons. The smallest absolute Gasteiger partial charge is 0.319 e. The molecule has 2 aromatic rings. The number of nitrogens with one attached hydrogen (secondary N) is 3. The van der Waals surface area contributed by atoms with E-state index in [9.17, 15) is 10.1 Å². The SMILES string of the molecule is CC(C)(CNC(=O)Nc1ccc(Cl)c(Cl)c1)[C@H]1Nc2ccc(C#N)cc2[C@H]2CCC[C@H]21. The van der Waals surface area contributed by atoms with Crippen LogP contribution in [0.2, 0.25) is 10.0 Å². The molecule has 0 unspecified atom stereocenters. The standard InChI is InChI=1S/C24H26Cl2N4O/c1-24(2,13-28-23(31)29-15-7-8-19(25)20(26)11-15)22-17-5-3-4-16(17)18-10-14(12-27)6-9-21(18)30-22/h6-11,16-17,22,30H,3-5,13H2,1-2H3,(H2,28,29,31)/t16-,17+,22-/m0/s1. The van der Waals surface area contributed by atoms with Crippen molar-refractivity contribution >= 4 is 40.6 Å². The Morgan fingerprint density at radius 1 is 1.19 bits per heavy atom. The fourth-order valence-corrected chi connectivity index (χ4v) is 5.36. The summed E-state index contributed by atoms with van der Waals surface area (Å²) in [5.74, 6) is 0.940. The van der Waals surface area contributed by atoms with Crippen molar-refractivity contribution in [3.8, 4) is 6.07 Å². The first-order chi connectivity index (χ1) is 14.8.